The Morgan fingerprint density at radius 2 is 2.00 bits per heavy atom. The van der Waals surface area contributed by atoms with Crippen molar-refractivity contribution < 1.29 is 0 Å². The van der Waals surface area contributed by atoms with Crippen molar-refractivity contribution in [1.82, 2.24) is 29.5 Å². The summed E-state index contributed by atoms with van der Waals surface area (Å²) in [7, 11) is 0. The van der Waals surface area contributed by atoms with Gasteiger partial charge in [-0.2, -0.15) is 0 Å². The minimum atomic E-state index is 0.0441. The van der Waals surface area contributed by atoms with Crippen LogP contribution in [0.25, 0.3) is 22.1 Å². The summed E-state index contributed by atoms with van der Waals surface area (Å²) in [4.78, 5) is 34.6. The first-order valence-electron chi connectivity index (χ1n) is 10.5. The molecule has 0 saturated heterocycles. The highest BCUT2D eigenvalue weighted by Crippen LogP contribution is 2.51. The van der Waals surface area contributed by atoms with E-state index in [1.54, 1.807) is 6.20 Å². The van der Waals surface area contributed by atoms with Gasteiger partial charge >= 0.3 is 0 Å². The zero-order valence-corrected chi connectivity index (χ0v) is 18.2. The Hall–Kier alpha value is -3.52. The highest BCUT2D eigenvalue weighted by atomic mass is 32.2. The van der Waals surface area contributed by atoms with Crippen molar-refractivity contribution in [3.63, 3.8) is 0 Å². The first-order chi connectivity index (χ1) is 15.7. The van der Waals surface area contributed by atoms with Crippen LogP contribution < -0.4 is 5.56 Å². The molecule has 7 nitrogen and oxygen atoms in total. The van der Waals surface area contributed by atoms with Crippen molar-refractivity contribution in [2.24, 2.45) is 0 Å². The Morgan fingerprint density at radius 1 is 1.12 bits per heavy atom. The molecule has 8 heteroatoms. The topological polar surface area (TPSA) is 89.3 Å². The number of rotatable bonds is 5. The number of nitrogens with one attached hydrogen (secondary N) is 1. The summed E-state index contributed by atoms with van der Waals surface area (Å²) < 4.78 is 1.92. The maximum atomic E-state index is 13.7. The molecule has 1 fully saturated rings. The van der Waals surface area contributed by atoms with Crippen molar-refractivity contribution >= 4 is 33.8 Å². The van der Waals surface area contributed by atoms with Crippen LogP contribution in [-0.4, -0.2) is 29.5 Å². The molecule has 0 amide bonds. The Bertz CT molecular complexity index is 1480. The SMILES string of the molecule is Cc1cccc2nc(CSc3nc4ncncc4[nH]3)n(C3CC3c3ccccc3)c(=O)c12. The summed E-state index contributed by atoms with van der Waals surface area (Å²) >= 11 is 1.52. The number of aryl methyl sites for hydroxylation is 1. The molecule has 2 unspecified atom stereocenters. The van der Waals surface area contributed by atoms with Crippen molar-refractivity contribution in [2.45, 2.75) is 36.2 Å². The van der Waals surface area contributed by atoms with Crippen molar-refractivity contribution in [1.29, 1.82) is 0 Å². The van der Waals surface area contributed by atoms with Gasteiger partial charge in [0, 0.05) is 12.0 Å². The predicted molar refractivity (Wildman–Crippen MR) is 125 cm³/mol. The van der Waals surface area contributed by atoms with Gasteiger partial charge < -0.3 is 4.98 Å². The quantitative estimate of drug-likeness (QED) is 0.408. The summed E-state index contributed by atoms with van der Waals surface area (Å²) in [5.41, 5.74) is 4.44. The number of aromatic nitrogens is 6. The molecular weight excluding hydrogens is 420 g/mol. The van der Waals surface area contributed by atoms with E-state index < -0.39 is 0 Å². The molecule has 32 heavy (non-hydrogen) atoms. The molecule has 1 aliphatic rings. The van der Waals surface area contributed by atoms with Gasteiger partial charge in [0.25, 0.3) is 5.56 Å². The Morgan fingerprint density at radius 3 is 2.84 bits per heavy atom. The molecule has 1 N–H and O–H groups in total. The molecule has 3 aromatic heterocycles. The average Bonchev–Trinajstić information content (AvgIpc) is 3.48. The second kappa shape index (κ2) is 7.56. The lowest BCUT2D eigenvalue weighted by Crippen LogP contribution is -2.25. The summed E-state index contributed by atoms with van der Waals surface area (Å²) in [6.45, 7) is 1.97. The van der Waals surface area contributed by atoms with Gasteiger partial charge in [-0.15, -0.1) is 0 Å². The number of hydrogen-bond acceptors (Lipinski definition) is 6. The van der Waals surface area contributed by atoms with Gasteiger partial charge in [-0.1, -0.05) is 54.2 Å². The van der Waals surface area contributed by atoms with E-state index in [4.69, 9.17) is 4.98 Å². The third kappa shape index (κ3) is 3.27. The second-order valence-corrected chi connectivity index (χ2v) is 9.05. The van der Waals surface area contributed by atoms with Crippen LogP contribution in [0.4, 0.5) is 0 Å². The van der Waals surface area contributed by atoms with E-state index in [2.05, 4.69) is 44.2 Å². The summed E-state index contributed by atoms with van der Waals surface area (Å²) in [5, 5.41) is 1.44. The van der Waals surface area contributed by atoms with Gasteiger partial charge in [-0.05, 0) is 30.5 Å². The molecule has 0 spiro atoms. The molecule has 158 valence electrons. The van der Waals surface area contributed by atoms with Crippen LogP contribution in [0.2, 0.25) is 0 Å². The van der Waals surface area contributed by atoms with E-state index in [0.29, 0.717) is 22.7 Å². The number of thioether (sulfide) groups is 1. The lowest BCUT2D eigenvalue weighted by atomic mass is 10.1. The third-order valence-corrected chi connectivity index (χ3v) is 6.87. The average molecular weight is 441 g/mol. The Balaban J connectivity index is 1.40. The van der Waals surface area contributed by atoms with Crippen LogP contribution in [0.15, 0.2) is 71.0 Å². The normalized spacial score (nSPS) is 17.8. The minimum Gasteiger partial charge on any atom is -0.330 e. The van der Waals surface area contributed by atoms with E-state index in [1.165, 1.54) is 23.7 Å². The number of benzene rings is 2. The predicted octanol–water partition coefficient (Wildman–Crippen LogP) is 4.39. The van der Waals surface area contributed by atoms with Gasteiger partial charge in [-0.3, -0.25) is 9.36 Å². The molecule has 3 heterocycles. The summed E-state index contributed by atoms with van der Waals surface area (Å²) in [6, 6.07) is 16.4. The van der Waals surface area contributed by atoms with Crippen LogP contribution in [0.1, 0.15) is 35.3 Å². The standard InChI is InChI=1S/C24H20N6OS/c1-14-6-5-9-17-21(14)23(31)30(19-10-16(19)15-7-3-2-4-8-15)20(27-17)12-32-24-28-18-11-25-13-26-22(18)29-24/h2-9,11,13,16,19H,10,12H2,1H3,(H,25,26,28,29). The van der Waals surface area contributed by atoms with E-state index in [-0.39, 0.29) is 11.6 Å². The molecule has 1 aliphatic carbocycles. The van der Waals surface area contributed by atoms with Gasteiger partial charge in [0.15, 0.2) is 10.8 Å². The summed E-state index contributed by atoms with van der Waals surface area (Å²) in [6.07, 6.45) is 4.14. The fourth-order valence-electron chi connectivity index (χ4n) is 4.36. The maximum Gasteiger partial charge on any atom is 0.261 e. The van der Waals surface area contributed by atoms with Gasteiger partial charge in [0.05, 0.1) is 22.9 Å². The largest absolute Gasteiger partial charge is 0.330 e. The molecule has 5 aromatic rings. The zero-order chi connectivity index (χ0) is 21.7. The van der Waals surface area contributed by atoms with Crippen molar-refractivity contribution in [3.05, 3.63) is 88.4 Å². The smallest absolute Gasteiger partial charge is 0.261 e. The first-order valence-corrected chi connectivity index (χ1v) is 11.5. The number of imidazole rings is 1. The van der Waals surface area contributed by atoms with E-state index >= 15 is 0 Å². The minimum absolute atomic E-state index is 0.0441. The number of nitrogens with zero attached hydrogens (tertiary/aromatic N) is 5. The number of hydrogen-bond donors (Lipinski definition) is 1. The highest BCUT2D eigenvalue weighted by Gasteiger charge is 2.42. The highest BCUT2D eigenvalue weighted by molar-refractivity contribution is 7.98. The van der Waals surface area contributed by atoms with Crippen LogP contribution >= 0.6 is 11.8 Å². The second-order valence-electron chi connectivity index (χ2n) is 8.08. The fourth-order valence-corrected chi connectivity index (χ4v) is 5.17. The van der Waals surface area contributed by atoms with Crippen LogP contribution in [0.5, 0.6) is 0 Å². The van der Waals surface area contributed by atoms with Crippen LogP contribution in [-0.2, 0) is 5.75 Å². The molecule has 2 atom stereocenters. The molecule has 0 radical (unpaired) electrons. The molecule has 1 saturated carbocycles. The van der Waals surface area contributed by atoms with Crippen LogP contribution in [0.3, 0.4) is 0 Å². The van der Waals surface area contributed by atoms with E-state index in [1.807, 2.05) is 35.8 Å². The number of H-pyrrole nitrogens is 1. The first kappa shape index (κ1) is 19.2. The van der Waals surface area contributed by atoms with Gasteiger partial charge in [-0.25, -0.2) is 19.9 Å². The Labute approximate surface area is 188 Å². The molecular formula is C24H20N6OS. The van der Waals surface area contributed by atoms with Crippen molar-refractivity contribution in [2.75, 3.05) is 0 Å². The lowest BCUT2D eigenvalue weighted by Gasteiger charge is -2.14. The Kier molecular flexibility index (Phi) is 4.53. The third-order valence-electron chi connectivity index (χ3n) is 6.01. The number of fused-ring (bicyclic) bond motifs is 2. The molecule has 2 aromatic carbocycles. The summed E-state index contributed by atoms with van der Waals surface area (Å²) in [5.74, 6) is 1.64. The van der Waals surface area contributed by atoms with Crippen LogP contribution in [0, 0.1) is 6.92 Å². The molecule has 0 bridgehead atoms. The monoisotopic (exact) mass is 440 g/mol. The van der Waals surface area contributed by atoms with Crippen molar-refractivity contribution in [3.8, 4) is 0 Å². The zero-order valence-electron chi connectivity index (χ0n) is 17.4. The maximum absolute atomic E-state index is 13.7. The van der Waals surface area contributed by atoms with Gasteiger partial charge in [0.2, 0.25) is 0 Å². The lowest BCUT2D eigenvalue weighted by molar-refractivity contribution is 0.646. The van der Waals surface area contributed by atoms with Gasteiger partial charge in [0.1, 0.15) is 17.7 Å². The van der Waals surface area contributed by atoms with E-state index in [0.717, 1.165) is 34.0 Å². The van der Waals surface area contributed by atoms with E-state index in [9.17, 15) is 4.79 Å². The molecule has 6 rings (SSSR count). The fraction of sp³-hybridized carbons (Fsp3) is 0.208. The number of aromatic amines is 1. The molecule has 0 aliphatic heterocycles.